The van der Waals surface area contributed by atoms with Crippen molar-refractivity contribution in [2.45, 2.75) is 4.90 Å². The lowest BCUT2D eigenvalue weighted by Gasteiger charge is -2.09. The maximum Gasteiger partial charge on any atom is 0.262 e. The maximum atomic E-state index is 13.4. The van der Waals surface area contributed by atoms with Crippen LogP contribution >= 0.6 is 0 Å². The van der Waals surface area contributed by atoms with Crippen molar-refractivity contribution in [3.63, 3.8) is 0 Å². The van der Waals surface area contributed by atoms with Gasteiger partial charge in [0.1, 0.15) is 5.75 Å². The molecule has 0 aromatic heterocycles. The summed E-state index contributed by atoms with van der Waals surface area (Å²) < 4.78 is 64.7. The Morgan fingerprint density at radius 2 is 1.70 bits per heavy atom. The fourth-order valence-electron chi connectivity index (χ4n) is 1.46. The molecule has 2 N–H and O–H groups in total. The van der Waals surface area contributed by atoms with Crippen LogP contribution < -0.4 is 4.72 Å². The Bertz CT molecular complexity index is 763. The lowest BCUT2D eigenvalue weighted by atomic mass is 10.3. The van der Waals surface area contributed by atoms with Gasteiger partial charge in [0.05, 0.1) is 10.6 Å². The number of nitrogens with one attached hydrogen (secondary N) is 1. The number of benzene rings is 2. The van der Waals surface area contributed by atoms with Crippen LogP contribution in [0.5, 0.6) is 5.75 Å². The molecule has 0 atom stereocenters. The number of hydrogen-bond acceptors (Lipinski definition) is 3. The Labute approximate surface area is 112 Å². The molecule has 4 nitrogen and oxygen atoms in total. The van der Waals surface area contributed by atoms with E-state index in [1.165, 1.54) is 12.1 Å². The Kier molecular flexibility index (Phi) is 3.58. The fraction of sp³-hybridized carbons (Fsp3) is 0. The van der Waals surface area contributed by atoms with Crippen LogP contribution in [0.2, 0.25) is 0 Å². The molecule has 2 aromatic carbocycles. The van der Waals surface area contributed by atoms with Gasteiger partial charge in [0, 0.05) is 6.07 Å². The van der Waals surface area contributed by atoms with Crippen LogP contribution in [0, 0.1) is 17.5 Å². The molecule has 0 radical (unpaired) electrons. The van der Waals surface area contributed by atoms with E-state index in [4.69, 9.17) is 0 Å². The minimum atomic E-state index is -4.23. The second-order valence-corrected chi connectivity index (χ2v) is 5.51. The predicted octanol–water partition coefficient (Wildman–Crippen LogP) is 2.61. The van der Waals surface area contributed by atoms with Gasteiger partial charge in [-0.2, -0.15) is 0 Å². The van der Waals surface area contributed by atoms with E-state index < -0.39 is 33.2 Å². The molecule has 8 heteroatoms. The van der Waals surface area contributed by atoms with Crippen molar-refractivity contribution in [2.75, 3.05) is 4.72 Å². The zero-order valence-corrected chi connectivity index (χ0v) is 10.6. The van der Waals surface area contributed by atoms with Crippen molar-refractivity contribution < 1.29 is 26.7 Å². The number of halogens is 3. The summed E-state index contributed by atoms with van der Waals surface area (Å²) in [6, 6.07) is 5.95. The van der Waals surface area contributed by atoms with Crippen LogP contribution in [-0.2, 0) is 10.0 Å². The largest absolute Gasteiger partial charge is 0.508 e. The predicted molar refractivity (Wildman–Crippen MR) is 65.2 cm³/mol. The molecule has 0 bridgehead atoms. The Balaban J connectivity index is 2.41. The van der Waals surface area contributed by atoms with E-state index in [0.29, 0.717) is 6.07 Å². The Hall–Kier alpha value is -2.22. The number of sulfonamides is 1. The van der Waals surface area contributed by atoms with Crippen molar-refractivity contribution in [3.8, 4) is 5.75 Å². The monoisotopic (exact) mass is 303 g/mol. The van der Waals surface area contributed by atoms with Gasteiger partial charge in [-0.3, -0.25) is 4.72 Å². The van der Waals surface area contributed by atoms with E-state index >= 15 is 0 Å². The molecule has 0 heterocycles. The molecule has 0 saturated carbocycles. The first-order chi connectivity index (χ1) is 9.31. The second-order valence-electron chi connectivity index (χ2n) is 3.83. The van der Waals surface area contributed by atoms with Gasteiger partial charge >= 0.3 is 0 Å². The van der Waals surface area contributed by atoms with Gasteiger partial charge in [-0.25, -0.2) is 21.6 Å². The van der Waals surface area contributed by atoms with Crippen molar-refractivity contribution in [1.82, 2.24) is 0 Å². The number of phenolic OH excluding ortho intramolecular Hbond substituents is 1. The average Bonchev–Trinajstić information content (AvgIpc) is 2.39. The molecule has 2 aromatic rings. The summed E-state index contributed by atoms with van der Waals surface area (Å²) in [5, 5.41) is 9.20. The topological polar surface area (TPSA) is 66.4 Å². The average molecular weight is 303 g/mol. The molecular weight excluding hydrogens is 295 g/mol. The number of anilines is 1. The summed E-state index contributed by atoms with van der Waals surface area (Å²) in [6.45, 7) is 0. The summed E-state index contributed by atoms with van der Waals surface area (Å²) in [4.78, 5) is -0.346. The summed E-state index contributed by atoms with van der Waals surface area (Å²) in [5.74, 6) is -5.16. The second kappa shape index (κ2) is 5.04. The third-order valence-electron chi connectivity index (χ3n) is 2.41. The van der Waals surface area contributed by atoms with Gasteiger partial charge in [-0.1, -0.05) is 6.07 Å². The molecule has 0 unspecified atom stereocenters. The molecule has 0 spiro atoms. The van der Waals surface area contributed by atoms with Crippen LogP contribution in [0.25, 0.3) is 0 Å². The third kappa shape index (κ3) is 2.69. The number of rotatable bonds is 3. The van der Waals surface area contributed by atoms with Crippen LogP contribution in [-0.4, -0.2) is 13.5 Å². The summed E-state index contributed by atoms with van der Waals surface area (Å²) in [7, 11) is -4.23. The third-order valence-corrected chi connectivity index (χ3v) is 3.77. The molecule has 2 rings (SSSR count). The van der Waals surface area contributed by atoms with Gasteiger partial charge in [0.15, 0.2) is 17.5 Å². The number of hydrogen-bond donors (Lipinski definition) is 2. The van der Waals surface area contributed by atoms with E-state index in [1.807, 2.05) is 0 Å². The summed E-state index contributed by atoms with van der Waals surface area (Å²) in [6.07, 6.45) is 0. The molecule has 0 amide bonds. The lowest BCUT2D eigenvalue weighted by Crippen LogP contribution is -2.14. The molecule has 0 aliphatic rings. The first-order valence-corrected chi connectivity index (χ1v) is 6.75. The molecule has 0 aliphatic heterocycles. The molecular formula is C12H8F3NO3S. The zero-order valence-electron chi connectivity index (χ0n) is 9.77. The Morgan fingerprint density at radius 1 is 1.00 bits per heavy atom. The highest BCUT2D eigenvalue weighted by molar-refractivity contribution is 7.92. The number of aromatic hydroxyl groups is 1. The van der Waals surface area contributed by atoms with E-state index in [0.717, 1.165) is 18.2 Å². The van der Waals surface area contributed by atoms with Gasteiger partial charge in [-0.15, -0.1) is 0 Å². The number of phenols is 1. The van der Waals surface area contributed by atoms with Crippen molar-refractivity contribution in [1.29, 1.82) is 0 Å². The normalized spacial score (nSPS) is 11.3. The van der Waals surface area contributed by atoms with E-state index in [-0.39, 0.29) is 10.6 Å². The first kappa shape index (κ1) is 14.2. The fourth-order valence-corrected chi connectivity index (χ4v) is 2.56. The van der Waals surface area contributed by atoms with Crippen molar-refractivity contribution in [2.24, 2.45) is 0 Å². The van der Waals surface area contributed by atoms with Gasteiger partial charge in [-0.05, 0) is 24.3 Å². The Morgan fingerprint density at radius 3 is 2.35 bits per heavy atom. The quantitative estimate of drug-likeness (QED) is 0.857. The van der Waals surface area contributed by atoms with Crippen LogP contribution in [0.3, 0.4) is 0 Å². The summed E-state index contributed by atoms with van der Waals surface area (Å²) >= 11 is 0. The summed E-state index contributed by atoms with van der Waals surface area (Å²) in [5.41, 5.74) is -0.729. The van der Waals surface area contributed by atoms with Gasteiger partial charge < -0.3 is 5.11 Å². The van der Waals surface area contributed by atoms with Crippen LogP contribution in [0.4, 0.5) is 18.9 Å². The minimum absolute atomic E-state index is 0.307. The smallest absolute Gasteiger partial charge is 0.262 e. The van der Waals surface area contributed by atoms with Gasteiger partial charge in [0.25, 0.3) is 10.0 Å². The molecule has 106 valence electrons. The first-order valence-electron chi connectivity index (χ1n) is 5.26. The SMILES string of the molecule is O=S(=O)(Nc1ccc(F)c(F)c1F)c1cccc(O)c1. The standard InChI is InChI=1S/C12H8F3NO3S/c13-9-4-5-10(12(15)11(9)14)16-20(18,19)8-3-1-2-7(17)6-8/h1-6,16-17H. The lowest BCUT2D eigenvalue weighted by molar-refractivity contribution is 0.449. The van der Waals surface area contributed by atoms with E-state index in [2.05, 4.69) is 0 Å². The van der Waals surface area contributed by atoms with Crippen LogP contribution in [0.1, 0.15) is 0 Å². The van der Waals surface area contributed by atoms with E-state index in [1.54, 1.807) is 4.72 Å². The van der Waals surface area contributed by atoms with Crippen molar-refractivity contribution in [3.05, 3.63) is 53.8 Å². The molecule has 0 aliphatic carbocycles. The minimum Gasteiger partial charge on any atom is -0.508 e. The highest BCUT2D eigenvalue weighted by Crippen LogP contribution is 2.24. The van der Waals surface area contributed by atoms with Gasteiger partial charge in [0.2, 0.25) is 0 Å². The molecule has 20 heavy (non-hydrogen) atoms. The molecule has 0 saturated heterocycles. The zero-order chi connectivity index (χ0) is 14.9. The van der Waals surface area contributed by atoms with Crippen molar-refractivity contribution >= 4 is 15.7 Å². The van der Waals surface area contributed by atoms with Crippen LogP contribution in [0.15, 0.2) is 41.3 Å². The highest BCUT2D eigenvalue weighted by Gasteiger charge is 2.20. The highest BCUT2D eigenvalue weighted by atomic mass is 32.2. The molecule has 0 fully saturated rings. The van der Waals surface area contributed by atoms with E-state index in [9.17, 15) is 26.7 Å². The maximum absolute atomic E-state index is 13.4.